The van der Waals surface area contributed by atoms with Crippen LogP contribution in [-0.2, 0) is 10.9 Å². The van der Waals surface area contributed by atoms with Crippen LogP contribution in [0.1, 0.15) is 16.7 Å². The van der Waals surface area contributed by atoms with E-state index in [0.717, 1.165) is 14.7 Å². The number of benzene rings is 7. The van der Waals surface area contributed by atoms with Gasteiger partial charge in [0.25, 0.3) is 0 Å². The topological polar surface area (TPSA) is 71.4 Å². The molecule has 7 aromatic rings. The van der Waals surface area contributed by atoms with E-state index in [4.69, 9.17) is 15.8 Å². The molecule has 356 valence electrons. The minimum absolute atomic E-state index is 0.374. The Kier molecular flexibility index (Phi) is 14.4. The monoisotopic (exact) mass is 1020 g/mol. The molecule has 0 radical (unpaired) electrons. The Morgan fingerprint density at radius 3 is 0.529 bits per heavy atom. The first-order chi connectivity index (χ1) is 32.9. The summed E-state index contributed by atoms with van der Waals surface area (Å²) in [4.78, 5) is 3.23. The normalized spacial score (nSPS) is 11.2. The maximum Gasteiger partial charge on any atom is 0.200 e. The van der Waals surface area contributed by atoms with Crippen LogP contribution in [-0.4, -0.2) is 6.15 Å². The molecule has 0 aliphatic carbocycles. The van der Waals surface area contributed by atoms with E-state index in [1.165, 1.54) is 0 Å². The third-order valence-electron chi connectivity index (χ3n) is 10.4. The number of nitrogens with zero attached hydrogens (tertiary/aromatic N) is 3. The Balaban J connectivity index is 0.000000270. The number of hydrogen-bond acceptors (Lipinski definition) is 3. The van der Waals surface area contributed by atoms with Crippen LogP contribution in [0.2, 0.25) is 0 Å². The van der Waals surface area contributed by atoms with Gasteiger partial charge >= 0.3 is 0 Å². The van der Waals surface area contributed by atoms with Gasteiger partial charge in [-0.3, -0.25) is 0 Å². The van der Waals surface area contributed by atoms with Crippen molar-refractivity contribution in [1.82, 2.24) is 0 Å². The molecule has 0 fully saturated rings. The Bertz CT molecular complexity index is 2890. The zero-order valence-electron chi connectivity index (χ0n) is 33.3. The summed E-state index contributed by atoms with van der Waals surface area (Å²) in [6.45, 7) is 0. The van der Waals surface area contributed by atoms with Gasteiger partial charge in [0.2, 0.25) is 0 Å². The summed E-state index contributed by atoms with van der Waals surface area (Å²) in [7, 11) is -0.374. The molecule has 0 amide bonds. The molecule has 70 heavy (non-hydrogen) atoms. The molecule has 0 aliphatic rings. The van der Waals surface area contributed by atoms with Crippen LogP contribution in [0.25, 0.3) is 0 Å². The first-order valence-electron chi connectivity index (χ1n) is 18.4. The number of nitriles is 3. The van der Waals surface area contributed by atoms with Gasteiger partial charge in [-0.15, -0.1) is 21.9 Å². The Labute approximate surface area is 380 Å². The molecule has 0 unspecified atom stereocenters. The van der Waals surface area contributed by atoms with Crippen molar-refractivity contribution in [2.45, 2.75) is 14.7 Å². The summed E-state index contributed by atoms with van der Waals surface area (Å²) >= 11 is 0. The van der Waals surface area contributed by atoms with Gasteiger partial charge in [-0.05, 0) is 72.8 Å². The van der Waals surface area contributed by atoms with Crippen LogP contribution in [0, 0.1) is 150 Å². The van der Waals surface area contributed by atoms with Gasteiger partial charge in [-0.2, -0.15) is 15.8 Å². The lowest BCUT2D eigenvalue weighted by Crippen LogP contribution is -2.81. The predicted molar refractivity (Wildman–Crippen MR) is 205 cm³/mol. The highest BCUT2D eigenvalue weighted by Crippen LogP contribution is 2.33. The van der Waals surface area contributed by atoms with Gasteiger partial charge in [0, 0.05) is 0 Å². The van der Waals surface area contributed by atoms with E-state index >= 15 is 35.1 Å². The highest BCUT2D eigenvalue weighted by molar-refractivity contribution is 7.97. The fourth-order valence-electron chi connectivity index (χ4n) is 7.28. The summed E-state index contributed by atoms with van der Waals surface area (Å²) in [6, 6.07) is 29.0. The second-order valence-corrected chi connectivity index (χ2v) is 16.0. The highest BCUT2D eigenvalue weighted by atomic mass is 32.2. The minimum atomic E-state index is -7.22. The first-order valence-corrected chi connectivity index (χ1v) is 19.7. The minimum Gasteiger partial charge on any atom is -0.207 e. The van der Waals surface area contributed by atoms with Crippen molar-refractivity contribution in [1.29, 1.82) is 15.8 Å². The summed E-state index contributed by atoms with van der Waals surface area (Å²) in [5.41, 5.74) is -12.5. The maximum absolute atomic E-state index is 15.4. The van der Waals surface area contributed by atoms with Gasteiger partial charge in [-0.25, -0.2) is 87.8 Å². The van der Waals surface area contributed by atoms with Gasteiger partial charge in [0.1, 0.15) is 52.7 Å². The first kappa shape index (κ1) is 51.4. The lowest BCUT2D eigenvalue weighted by molar-refractivity contribution is 0.378. The van der Waals surface area contributed by atoms with E-state index in [-0.39, 0.29) is 10.9 Å². The smallest absolute Gasteiger partial charge is 0.200 e. The van der Waals surface area contributed by atoms with Crippen LogP contribution in [0.3, 0.4) is 0 Å². The van der Waals surface area contributed by atoms with Gasteiger partial charge in [0.15, 0.2) is 84.5 Å². The third-order valence-corrected chi connectivity index (χ3v) is 12.6. The largest absolute Gasteiger partial charge is 0.207 e. The molecule has 3 nitrogen and oxygen atoms in total. The average molecular weight is 1020 g/mol. The van der Waals surface area contributed by atoms with Crippen molar-refractivity contribution in [3.63, 3.8) is 0 Å². The number of hydrogen-bond donors (Lipinski definition) is 0. The quantitative estimate of drug-likeness (QED) is 0.0525. The molecule has 0 spiro atoms. The van der Waals surface area contributed by atoms with Crippen LogP contribution in [0.15, 0.2) is 87.5 Å². The Morgan fingerprint density at radius 1 is 0.243 bits per heavy atom. The molecular weight excluding hydrogens is 1010 g/mol. The molecule has 25 heteroatoms. The van der Waals surface area contributed by atoms with Gasteiger partial charge < -0.3 is 0 Å². The Hall–Kier alpha value is -7.98. The zero-order chi connectivity index (χ0) is 52.0. The van der Waals surface area contributed by atoms with Crippen molar-refractivity contribution in [3.05, 3.63) is 206 Å². The second kappa shape index (κ2) is 19.6. The molecular formula is C45H12BF20N3S. The maximum atomic E-state index is 15.4. The van der Waals surface area contributed by atoms with E-state index in [1.807, 2.05) is 72.8 Å². The summed E-state index contributed by atoms with van der Waals surface area (Å²) in [5, 5.41) is 27.0. The summed E-state index contributed by atoms with van der Waals surface area (Å²) in [5.74, 6) is -71.4. The van der Waals surface area contributed by atoms with Crippen LogP contribution < -0.4 is 21.9 Å². The summed E-state index contributed by atoms with van der Waals surface area (Å²) in [6.07, 6.45) is -7.22. The van der Waals surface area contributed by atoms with Gasteiger partial charge in [-0.1, -0.05) is 0 Å². The summed E-state index contributed by atoms with van der Waals surface area (Å²) < 4.78 is 294. The highest BCUT2D eigenvalue weighted by Gasteiger charge is 2.52. The third kappa shape index (κ3) is 8.17. The van der Waals surface area contributed by atoms with E-state index in [0.29, 0.717) is 16.7 Å². The molecule has 0 saturated heterocycles. The molecule has 7 rings (SSSR count). The van der Waals surface area contributed by atoms with Crippen molar-refractivity contribution in [2.75, 3.05) is 0 Å². The lowest BCUT2D eigenvalue weighted by atomic mass is 9.12. The van der Waals surface area contributed by atoms with Crippen molar-refractivity contribution >= 4 is 38.9 Å². The molecule has 0 aromatic heterocycles. The van der Waals surface area contributed by atoms with Crippen LogP contribution in [0.5, 0.6) is 0 Å². The number of halogens is 20. The van der Waals surface area contributed by atoms with E-state index in [9.17, 15) is 52.7 Å². The second-order valence-electron chi connectivity index (χ2n) is 14.0. The fourth-order valence-corrected chi connectivity index (χ4v) is 9.32. The SMILES string of the molecule is Fc1c(F)c(F)c([B-](c2c(F)c(F)c(F)c(F)c2F)(c2c(F)c(F)c(F)c(F)c2F)c2c(F)c(F)c(F)c(F)c2F)c(F)c1F.N#Cc1ccc([S+](c2ccc(C#N)cc2)c2ccc(C#N)cc2)cc1. The fraction of sp³-hybridized carbons (Fsp3) is 0. The number of rotatable bonds is 7. The Morgan fingerprint density at radius 2 is 0.386 bits per heavy atom. The van der Waals surface area contributed by atoms with E-state index in [2.05, 4.69) is 18.2 Å². The van der Waals surface area contributed by atoms with E-state index in [1.54, 1.807) is 0 Å². The molecule has 0 N–H and O–H groups in total. The van der Waals surface area contributed by atoms with Crippen molar-refractivity contribution in [2.24, 2.45) is 0 Å². The molecule has 0 atom stereocenters. The van der Waals surface area contributed by atoms with Gasteiger partial charge in [0.05, 0.1) is 45.8 Å². The molecule has 0 saturated carbocycles. The predicted octanol–water partition coefficient (Wildman–Crippen LogP) is 10.2. The standard InChI is InChI=1S/C24BF20.C21H12N3S/c26-5-1(6(27)14(35)21(42)13(5)34)25(2-7(28)15(36)22(43)16(37)8(2)29,3-9(30)17(38)23(44)18(39)10(3)31)4-11(32)19(40)24(45)20(41)12(4)33;22-13-16-1-7-19(8-2-16)25(20-9-3-17(14-23)4-10-20)21-11-5-18(15-24)6-12-21/h;1-12H/q-1;+1. The molecule has 7 aromatic carbocycles. The van der Waals surface area contributed by atoms with Crippen molar-refractivity contribution in [3.8, 4) is 18.2 Å². The lowest BCUT2D eigenvalue weighted by Gasteiger charge is -2.44. The van der Waals surface area contributed by atoms with Crippen molar-refractivity contribution < 1.29 is 87.8 Å². The van der Waals surface area contributed by atoms with Crippen LogP contribution >= 0.6 is 0 Å². The zero-order valence-corrected chi connectivity index (χ0v) is 34.1. The molecule has 0 heterocycles. The van der Waals surface area contributed by atoms with Crippen LogP contribution in [0.4, 0.5) is 87.8 Å². The van der Waals surface area contributed by atoms with E-state index < -0.39 is 144 Å². The molecule has 0 aliphatic heterocycles. The average Bonchev–Trinajstić information content (AvgIpc) is 3.37. The molecule has 0 bridgehead atoms.